The summed E-state index contributed by atoms with van der Waals surface area (Å²) in [5.41, 5.74) is 4.50. The van der Waals surface area contributed by atoms with Gasteiger partial charge in [0, 0.05) is 38.4 Å². The van der Waals surface area contributed by atoms with E-state index in [1.54, 1.807) is 0 Å². The number of amides is 1. The van der Waals surface area contributed by atoms with Gasteiger partial charge in [-0.25, -0.2) is 9.37 Å². The van der Waals surface area contributed by atoms with Crippen LogP contribution in [-0.4, -0.2) is 52.6 Å². The number of benzene rings is 1. The Morgan fingerprint density at radius 2 is 1.87 bits per heavy atom. The molecule has 3 rings (SSSR count). The topological polar surface area (TPSA) is 60.2 Å². The van der Waals surface area contributed by atoms with Gasteiger partial charge in [-0.3, -0.25) is 9.69 Å². The van der Waals surface area contributed by atoms with Gasteiger partial charge >= 0.3 is 0 Å². The number of aryl methyl sites for hydroxylation is 1. The lowest BCUT2D eigenvalue weighted by Crippen LogP contribution is -2.36. The first kappa shape index (κ1) is 22.3. The molecule has 1 aliphatic heterocycles. The van der Waals surface area contributed by atoms with Gasteiger partial charge in [0.05, 0.1) is 11.3 Å². The molecule has 0 unspecified atom stereocenters. The molecule has 0 bridgehead atoms. The van der Waals surface area contributed by atoms with Crippen LogP contribution in [0.3, 0.4) is 0 Å². The van der Waals surface area contributed by atoms with Crippen molar-refractivity contribution in [2.75, 3.05) is 31.9 Å². The first-order valence-corrected chi connectivity index (χ1v) is 11.1. The number of rotatable bonds is 5. The Morgan fingerprint density at radius 1 is 1.13 bits per heavy atom. The molecule has 0 atom stereocenters. The van der Waals surface area contributed by atoms with Crippen molar-refractivity contribution in [1.82, 2.24) is 14.8 Å². The lowest BCUT2D eigenvalue weighted by Gasteiger charge is -2.22. The second-order valence-electron chi connectivity index (χ2n) is 7.66. The Kier molecular flexibility index (Phi) is 7.46. The number of aromatic nitrogens is 1. The van der Waals surface area contributed by atoms with E-state index in [0.717, 1.165) is 55.0 Å². The molecule has 2 heterocycles. The molecule has 7 heteroatoms. The zero-order valence-corrected chi connectivity index (χ0v) is 18.6. The third-order valence-electron chi connectivity index (χ3n) is 5.67. The van der Waals surface area contributed by atoms with Gasteiger partial charge < -0.3 is 4.90 Å². The van der Waals surface area contributed by atoms with Crippen LogP contribution >= 0.6 is 11.8 Å². The Hall–Kier alpha value is -2.43. The average molecular weight is 427 g/mol. The normalized spacial score (nSPS) is 15.0. The number of hydrogen-bond acceptors (Lipinski definition) is 5. The highest BCUT2D eigenvalue weighted by Crippen LogP contribution is 2.26. The number of nitriles is 1. The van der Waals surface area contributed by atoms with Crippen LogP contribution in [-0.2, 0) is 11.3 Å². The second-order valence-corrected chi connectivity index (χ2v) is 8.63. The van der Waals surface area contributed by atoms with Gasteiger partial charge in [-0.15, -0.1) is 0 Å². The van der Waals surface area contributed by atoms with Crippen molar-refractivity contribution in [3.8, 4) is 6.07 Å². The number of thioether (sulfide) groups is 1. The third kappa shape index (κ3) is 5.38. The van der Waals surface area contributed by atoms with Gasteiger partial charge in [-0.2, -0.15) is 5.26 Å². The van der Waals surface area contributed by atoms with E-state index in [1.807, 2.05) is 37.8 Å². The fourth-order valence-corrected chi connectivity index (χ4v) is 4.58. The van der Waals surface area contributed by atoms with E-state index in [2.05, 4.69) is 16.0 Å². The molecule has 1 amide bonds. The smallest absolute Gasteiger partial charge is 0.233 e. The van der Waals surface area contributed by atoms with Gasteiger partial charge in [0.1, 0.15) is 16.9 Å². The highest BCUT2D eigenvalue weighted by Gasteiger charge is 2.21. The predicted octanol–water partition coefficient (Wildman–Crippen LogP) is 3.84. The summed E-state index contributed by atoms with van der Waals surface area (Å²) < 4.78 is 13.1. The van der Waals surface area contributed by atoms with Crippen molar-refractivity contribution in [2.45, 2.75) is 38.8 Å². The largest absolute Gasteiger partial charge is 0.341 e. The first-order valence-electron chi connectivity index (χ1n) is 10.1. The van der Waals surface area contributed by atoms with Gasteiger partial charge in [0.25, 0.3) is 0 Å². The lowest BCUT2D eigenvalue weighted by molar-refractivity contribution is -0.128. The van der Waals surface area contributed by atoms with Crippen LogP contribution in [0.25, 0.3) is 0 Å². The molecule has 30 heavy (non-hydrogen) atoms. The Bertz CT molecular complexity index is 955. The fourth-order valence-electron chi connectivity index (χ4n) is 3.60. The Labute approximate surface area is 181 Å². The molecular weight excluding hydrogens is 399 g/mol. The second kappa shape index (κ2) is 10.1. The van der Waals surface area contributed by atoms with E-state index in [4.69, 9.17) is 0 Å². The summed E-state index contributed by atoms with van der Waals surface area (Å²) >= 11 is 1.35. The maximum Gasteiger partial charge on any atom is 0.233 e. The molecule has 1 aliphatic rings. The van der Waals surface area contributed by atoms with E-state index in [1.165, 1.54) is 23.9 Å². The molecular formula is C23H27FN4OS. The molecule has 158 valence electrons. The summed E-state index contributed by atoms with van der Waals surface area (Å²) in [6.45, 7) is 9.68. The number of halogens is 1. The summed E-state index contributed by atoms with van der Waals surface area (Å²) in [5, 5.41) is 10.1. The monoisotopic (exact) mass is 426 g/mol. The molecule has 0 N–H and O–H groups in total. The van der Waals surface area contributed by atoms with Crippen LogP contribution in [0.1, 0.15) is 34.4 Å². The molecule has 0 saturated carbocycles. The SMILES string of the molecule is Cc1nc(SCC(=O)N2CCCN(Cc3ccc(F)cc3)CC2)c(C#N)c(C)c1C. The molecule has 1 fully saturated rings. The number of pyridine rings is 1. The summed E-state index contributed by atoms with van der Waals surface area (Å²) in [7, 11) is 0. The highest BCUT2D eigenvalue weighted by molar-refractivity contribution is 8.00. The molecule has 0 aliphatic carbocycles. The minimum absolute atomic E-state index is 0.0743. The van der Waals surface area contributed by atoms with Gasteiger partial charge in [-0.1, -0.05) is 23.9 Å². The van der Waals surface area contributed by atoms with Crippen molar-refractivity contribution < 1.29 is 9.18 Å². The van der Waals surface area contributed by atoms with E-state index in [0.29, 0.717) is 17.1 Å². The van der Waals surface area contributed by atoms with E-state index in [-0.39, 0.29) is 17.5 Å². The quantitative estimate of drug-likeness (QED) is 0.680. The van der Waals surface area contributed by atoms with E-state index < -0.39 is 0 Å². The zero-order chi connectivity index (χ0) is 21.7. The molecule has 0 spiro atoms. The van der Waals surface area contributed by atoms with Gasteiger partial charge in [0.15, 0.2) is 0 Å². The predicted molar refractivity (Wildman–Crippen MR) is 117 cm³/mol. The summed E-state index contributed by atoms with van der Waals surface area (Å²) in [4.78, 5) is 21.5. The van der Waals surface area contributed by atoms with Crippen LogP contribution in [0, 0.1) is 37.9 Å². The Balaban J connectivity index is 1.57. The summed E-state index contributed by atoms with van der Waals surface area (Å²) in [5.74, 6) is 0.129. The van der Waals surface area contributed by atoms with Crippen LogP contribution in [0.5, 0.6) is 0 Å². The first-order chi connectivity index (χ1) is 14.4. The highest BCUT2D eigenvalue weighted by atomic mass is 32.2. The molecule has 0 radical (unpaired) electrons. The van der Waals surface area contributed by atoms with Gasteiger partial charge in [0.2, 0.25) is 5.91 Å². The maximum atomic E-state index is 13.1. The van der Waals surface area contributed by atoms with Gasteiger partial charge in [-0.05, 0) is 56.0 Å². The maximum absolute atomic E-state index is 13.1. The van der Waals surface area contributed by atoms with Crippen molar-refractivity contribution in [3.05, 3.63) is 58.0 Å². The van der Waals surface area contributed by atoms with Crippen LogP contribution in [0.4, 0.5) is 4.39 Å². The number of carbonyl (C=O) groups is 1. The minimum Gasteiger partial charge on any atom is -0.341 e. The summed E-state index contributed by atoms with van der Waals surface area (Å²) in [6, 6.07) is 8.83. The standard InChI is InChI=1S/C23H27FN4OS/c1-16-17(2)21(13-25)23(26-18(16)3)30-15-22(29)28-10-4-9-27(11-12-28)14-19-5-7-20(24)8-6-19/h5-8H,4,9-12,14-15H2,1-3H3. The number of carbonyl (C=O) groups excluding carboxylic acids is 1. The van der Waals surface area contributed by atoms with E-state index in [9.17, 15) is 14.4 Å². The minimum atomic E-state index is -0.225. The molecule has 1 aromatic carbocycles. The molecule has 1 aromatic heterocycles. The lowest BCUT2D eigenvalue weighted by atomic mass is 10.1. The average Bonchev–Trinajstić information content (AvgIpc) is 2.97. The van der Waals surface area contributed by atoms with Crippen molar-refractivity contribution >= 4 is 17.7 Å². The molecule has 2 aromatic rings. The summed E-state index contributed by atoms with van der Waals surface area (Å²) in [6.07, 6.45) is 0.905. The Morgan fingerprint density at radius 3 is 2.57 bits per heavy atom. The van der Waals surface area contributed by atoms with Crippen molar-refractivity contribution in [3.63, 3.8) is 0 Å². The van der Waals surface area contributed by atoms with Crippen LogP contribution in [0.2, 0.25) is 0 Å². The van der Waals surface area contributed by atoms with E-state index >= 15 is 0 Å². The number of nitrogens with zero attached hydrogens (tertiary/aromatic N) is 4. The van der Waals surface area contributed by atoms with Crippen molar-refractivity contribution in [2.24, 2.45) is 0 Å². The fraction of sp³-hybridized carbons (Fsp3) is 0.435. The van der Waals surface area contributed by atoms with Crippen molar-refractivity contribution in [1.29, 1.82) is 5.26 Å². The molecule has 5 nitrogen and oxygen atoms in total. The third-order valence-corrected chi connectivity index (χ3v) is 6.63. The number of hydrogen-bond donors (Lipinski definition) is 0. The van der Waals surface area contributed by atoms with Crippen LogP contribution < -0.4 is 0 Å². The van der Waals surface area contributed by atoms with Crippen LogP contribution in [0.15, 0.2) is 29.3 Å². The zero-order valence-electron chi connectivity index (χ0n) is 17.7. The molecule has 1 saturated heterocycles.